The van der Waals surface area contributed by atoms with Crippen molar-refractivity contribution in [1.82, 2.24) is 15.1 Å². The third-order valence-corrected chi connectivity index (χ3v) is 3.65. The van der Waals surface area contributed by atoms with Crippen molar-refractivity contribution in [1.29, 1.82) is 0 Å². The van der Waals surface area contributed by atoms with Gasteiger partial charge in [0.25, 0.3) is 0 Å². The number of carbonyl (C=O) groups excluding carboxylic acids is 2. The molecule has 2 aliphatic heterocycles. The van der Waals surface area contributed by atoms with Gasteiger partial charge in [0.15, 0.2) is 0 Å². The van der Waals surface area contributed by atoms with E-state index in [0.717, 1.165) is 19.4 Å². The smallest absolute Gasteiger partial charge is 0.339 e. The Morgan fingerprint density at radius 1 is 1.10 bits per heavy atom. The Morgan fingerprint density at radius 3 is 2.20 bits per heavy atom. The molecule has 2 amide bonds. The minimum atomic E-state index is -4.47. The summed E-state index contributed by atoms with van der Waals surface area (Å²) in [6, 6.07) is -0.174. The van der Waals surface area contributed by atoms with E-state index in [9.17, 15) is 22.8 Å². The first kappa shape index (κ1) is 15.1. The lowest BCUT2D eigenvalue weighted by atomic mass is 10.2. The summed E-state index contributed by atoms with van der Waals surface area (Å²) in [4.78, 5) is 26.3. The standard InChI is InChI=1S/C12H18F3N3O2/c13-12(14,15)8-10(19)17-4-6-18(7-5-17)11(20)9-2-1-3-16-9/h9,16H,1-8H2/t9-/m0/s1. The van der Waals surface area contributed by atoms with Gasteiger partial charge in [-0.15, -0.1) is 0 Å². The highest BCUT2D eigenvalue weighted by Gasteiger charge is 2.35. The maximum atomic E-state index is 12.2. The first-order chi connectivity index (χ1) is 9.37. The quantitative estimate of drug-likeness (QED) is 0.800. The fourth-order valence-corrected chi connectivity index (χ4v) is 2.58. The molecule has 0 spiro atoms. The molecular weight excluding hydrogens is 275 g/mol. The predicted molar refractivity (Wildman–Crippen MR) is 64.9 cm³/mol. The molecule has 0 unspecified atom stereocenters. The summed E-state index contributed by atoms with van der Waals surface area (Å²) in [6.07, 6.45) is -4.14. The van der Waals surface area contributed by atoms with Crippen molar-refractivity contribution >= 4 is 11.8 Å². The van der Waals surface area contributed by atoms with E-state index >= 15 is 0 Å². The monoisotopic (exact) mass is 293 g/mol. The van der Waals surface area contributed by atoms with Gasteiger partial charge in [0.05, 0.1) is 6.04 Å². The van der Waals surface area contributed by atoms with Crippen LogP contribution >= 0.6 is 0 Å². The molecule has 2 rings (SSSR count). The van der Waals surface area contributed by atoms with E-state index < -0.39 is 18.5 Å². The van der Waals surface area contributed by atoms with Crippen LogP contribution in [-0.4, -0.2) is 66.6 Å². The van der Waals surface area contributed by atoms with Gasteiger partial charge in [-0.2, -0.15) is 13.2 Å². The van der Waals surface area contributed by atoms with Crippen LogP contribution in [0.1, 0.15) is 19.3 Å². The topological polar surface area (TPSA) is 52.7 Å². The van der Waals surface area contributed by atoms with Crippen LogP contribution in [-0.2, 0) is 9.59 Å². The molecule has 114 valence electrons. The molecule has 0 aromatic carbocycles. The molecule has 2 saturated heterocycles. The lowest BCUT2D eigenvalue weighted by molar-refractivity contribution is -0.163. The molecular formula is C12H18F3N3O2. The number of nitrogens with one attached hydrogen (secondary N) is 1. The van der Waals surface area contributed by atoms with E-state index in [1.165, 1.54) is 4.90 Å². The molecule has 8 heteroatoms. The summed E-state index contributed by atoms with van der Waals surface area (Å²) in [5, 5.41) is 3.10. The number of carbonyl (C=O) groups is 2. The Balaban J connectivity index is 1.80. The van der Waals surface area contributed by atoms with Crippen LogP contribution in [0.15, 0.2) is 0 Å². The van der Waals surface area contributed by atoms with E-state index in [4.69, 9.17) is 0 Å². The zero-order valence-corrected chi connectivity index (χ0v) is 11.1. The van der Waals surface area contributed by atoms with Gasteiger partial charge >= 0.3 is 6.18 Å². The molecule has 20 heavy (non-hydrogen) atoms. The van der Waals surface area contributed by atoms with Crippen molar-refractivity contribution in [3.05, 3.63) is 0 Å². The summed E-state index contributed by atoms with van der Waals surface area (Å²) in [5.74, 6) is -0.922. The van der Waals surface area contributed by atoms with Gasteiger partial charge in [0.1, 0.15) is 6.42 Å². The summed E-state index contributed by atoms with van der Waals surface area (Å²) >= 11 is 0. The van der Waals surface area contributed by atoms with Crippen LogP contribution in [0.5, 0.6) is 0 Å². The SMILES string of the molecule is O=C(CC(F)(F)F)N1CCN(C(=O)[C@@H]2CCCN2)CC1. The highest BCUT2D eigenvalue weighted by atomic mass is 19.4. The maximum absolute atomic E-state index is 12.2. The molecule has 2 fully saturated rings. The fourth-order valence-electron chi connectivity index (χ4n) is 2.58. The van der Waals surface area contributed by atoms with Gasteiger partial charge in [-0.25, -0.2) is 0 Å². The predicted octanol–water partition coefficient (Wildman–Crippen LogP) is 0.362. The summed E-state index contributed by atoms with van der Waals surface area (Å²) in [7, 11) is 0. The number of hydrogen-bond acceptors (Lipinski definition) is 3. The van der Waals surface area contributed by atoms with Crippen molar-refractivity contribution in [2.45, 2.75) is 31.5 Å². The molecule has 1 atom stereocenters. The lowest BCUT2D eigenvalue weighted by Crippen LogP contribution is -2.54. The molecule has 2 aliphatic rings. The number of rotatable bonds is 2. The van der Waals surface area contributed by atoms with Gasteiger partial charge < -0.3 is 15.1 Å². The zero-order chi connectivity index (χ0) is 14.8. The fraction of sp³-hybridized carbons (Fsp3) is 0.833. The number of amides is 2. The van der Waals surface area contributed by atoms with E-state index in [1.807, 2.05) is 0 Å². The Kier molecular flexibility index (Phi) is 4.52. The number of piperazine rings is 1. The van der Waals surface area contributed by atoms with E-state index in [-0.39, 0.29) is 25.0 Å². The average Bonchev–Trinajstić information content (AvgIpc) is 2.90. The second kappa shape index (κ2) is 5.99. The first-order valence-electron chi connectivity index (χ1n) is 6.73. The Hall–Kier alpha value is -1.31. The summed E-state index contributed by atoms with van der Waals surface area (Å²) in [5.41, 5.74) is 0. The van der Waals surface area contributed by atoms with Gasteiger partial charge in [-0.05, 0) is 19.4 Å². The summed E-state index contributed by atoms with van der Waals surface area (Å²) in [6.45, 7) is 1.78. The molecule has 0 saturated carbocycles. The van der Waals surface area contributed by atoms with E-state index in [1.54, 1.807) is 4.90 Å². The molecule has 0 aromatic rings. The number of alkyl halides is 3. The van der Waals surface area contributed by atoms with Crippen molar-refractivity contribution < 1.29 is 22.8 Å². The van der Waals surface area contributed by atoms with Crippen LogP contribution in [0.25, 0.3) is 0 Å². The van der Waals surface area contributed by atoms with Crippen LogP contribution < -0.4 is 5.32 Å². The normalized spacial score (nSPS) is 24.1. The highest BCUT2D eigenvalue weighted by molar-refractivity contribution is 5.83. The zero-order valence-electron chi connectivity index (χ0n) is 11.1. The van der Waals surface area contributed by atoms with Gasteiger partial charge in [-0.1, -0.05) is 0 Å². The van der Waals surface area contributed by atoms with E-state index in [2.05, 4.69) is 5.32 Å². The summed E-state index contributed by atoms with van der Waals surface area (Å²) < 4.78 is 36.5. The third-order valence-electron chi connectivity index (χ3n) is 3.65. The number of nitrogens with zero attached hydrogens (tertiary/aromatic N) is 2. The average molecular weight is 293 g/mol. The molecule has 2 heterocycles. The highest BCUT2D eigenvalue weighted by Crippen LogP contribution is 2.21. The van der Waals surface area contributed by atoms with Crippen molar-refractivity contribution in [3.63, 3.8) is 0 Å². The van der Waals surface area contributed by atoms with Crippen LogP contribution in [0.4, 0.5) is 13.2 Å². The third kappa shape index (κ3) is 3.84. The second-order valence-electron chi connectivity index (χ2n) is 5.15. The Labute approximate surface area is 115 Å². The largest absolute Gasteiger partial charge is 0.397 e. The van der Waals surface area contributed by atoms with Gasteiger partial charge in [0.2, 0.25) is 11.8 Å². The minimum Gasteiger partial charge on any atom is -0.339 e. The minimum absolute atomic E-state index is 0.00887. The van der Waals surface area contributed by atoms with Crippen molar-refractivity contribution in [2.24, 2.45) is 0 Å². The molecule has 0 aliphatic carbocycles. The maximum Gasteiger partial charge on any atom is 0.397 e. The molecule has 0 aromatic heterocycles. The van der Waals surface area contributed by atoms with Gasteiger partial charge in [-0.3, -0.25) is 9.59 Å². The van der Waals surface area contributed by atoms with Crippen molar-refractivity contribution in [2.75, 3.05) is 32.7 Å². The van der Waals surface area contributed by atoms with Gasteiger partial charge in [0, 0.05) is 26.2 Å². The molecule has 0 radical (unpaired) electrons. The second-order valence-corrected chi connectivity index (χ2v) is 5.15. The molecule has 0 bridgehead atoms. The van der Waals surface area contributed by atoms with Crippen LogP contribution in [0, 0.1) is 0 Å². The lowest BCUT2D eigenvalue weighted by Gasteiger charge is -2.36. The number of halogens is 3. The van der Waals surface area contributed by atoms with Crippen molar-refractivity contribution in [3.8, 4) is 0 Å². The van der Waals surface area contributed by atoms with Crippen LogP contribution in [0.3, 0.4) is 0 Å². The number of hydrogen-bond donors (Lipinski definition) is 1. The Morgan fingerprint density at radius 2 is 1.70 bits per heavy atom. The van der Waals surface area contributed by atoms with Crippen LogP contribution in [0.2, 0.25) is 0 Å². The molecule has 1 N–H and O–H groups in total. The Bertz CT molecular complexity index is 373. The molecule has 5 nitrogen and oxygen atoms in total. The first-order valence-corrected chi connectivity index (χ1v) is 6.73. The van der Waals surface area contributed by atoms with E-state index in [0.29, 0.717) is 13.1 Å².